The van der Waals surface area contributed by atoms with E-state index in [-0.39, 0.29) is 28.7 Å². The van der Waals surface area contributed by atoms with E-state index in [2.05, 4.69) is 31.1 Å². The van der Waals surface area contributed by atoms with Crippen molar-refractivity contribution in [2.75, 3.05) is 26.3 Å². The predicted octanol–water partition coefficient (Wildman–Crippen LogP) is 5.16. The van der Waals surface area contributed by atoms with Crippen LogP contribution in [0.15, 0.2) is 29.4 Å². The standard InChI is InChI=1S/C26H34F3N3O3S/c1-25(2,3)22-15-32(14-19-5-4-12-34-19)24(36-22)31-23(33)20-13-18(26(27,28)29)6-7-21(20)35-16-17-8-10-30-11-9-17/h6-7,13,15,17,19,30H,4-5,8-12,14,16H2,1-3H3/t19-/m1/s1. The highest BCUT2D eigenvalue weighted by molar-refractivity contribution is 7.09. The molecule has 6 nitrogen and oxygen atoms in total. The van der Waals surface area contributed by atoms with Crippen LogP contribution in [0.4, 0.5) is 13.2 Å². The Labute approximate surface area is 213 Å². The van der Waals surface area contributed by atoms with Crippen LogP contribution >= 0.6 is 11.3 Å². The van der Waals surface area contributed by atoms with E-state index in [0.29, 0.717) is 24.6 Å². The van der Waals surface area contributed by atoms with Crippen LogP contribution in [0.5, 0.6) is 5.75 Å². The molecule has 1 atom stereocenters. The number of benzene rings is 1. The zero-order valence-electron chi connectivity index (χ0n) is 21.0. The molecule has 2 fully saturated rings. The number of aromatic nitrogens is 1. The minimum Gasteiger partial charge on any atom is -0.492 e. The van der Waals surface area contributed by atoms with Crippen LogP contribution in [-0.4, -0.2) is 42.9 Å². The first kappa shape index (κ1) is 26.9. The first-order chi connectivity index (χ1) is 17.0. The topological polar surface area (TPSA) is 64.9 Å². The fourth-order valence-corrected chi connectivity index (χ4v) is 5.41. The molecule has 2 saturated heterocycles. The van der Waals surface area contributed by atoms with Gasteiger partial charge in [0.05, 0.1) is 30.4 Å². The minimum atomic E-state index is -4.58. The molecular weight excluding hydrogens is 491 g/mol. The highest BCUT2D eigenvalue weighted by Gasteiger charge is 2.32. The van der Waals surface area contributed by atoms with Gasteiger partial charge in [-0.05, 0) is 68.3 Å². The quantitative estimate of drug-likeness (QED) is 0.566. The number of hydrogen-bond acceptors (Lipinski definition) is 5. The molecule has 0 bridgehead atoms. The van der Waals surface area contributed by atoms with Gasteiger partial charge in [-0.25, -0.2) is 0 Å². The van der Waals surface area contributed by atoms with Gasteiger partial charge >= 0.3 is 6.18 Å². The highest BCUT2D eigenvalue weighted by Crippen LogP contribution is 2.33. The molecule has 1 aromatic carbocycles. The lowest BCUT2D eigenvalue weighted by atomic mass is 9.95. The second kappa shape index (κ2) is 11.1. The summed E-state index contributed by atoms with van der Waals surface area (Å²) in [5, 5.41) is 3.28. The van der Waals surface area contributed by atoms with Gasteiger partial charge in [-0.1, -0.05) is 20.8 Å². The first-order valence-corrected chi connectivity index (χ1v) is 13.3. The van der Waals surface area contributed by atoms with Crippen molar-refractivity contribution in [2.45, 2.75) is 70.7 Å². The normalized spacial score (nSPS) is 20.2. The van der Waals surface area contributed by atoms with Gasteiger partial charge in [0.15, 0.2) is 4.80 Å². The fourth-order valence-electron chi connectivity index (χ4n) is 4.35. The van der Waals surface area contributed by atoms with E-state index in [0.717, 1.165) is 55.8 Å². The molecule has 3 heterocycles. The largest absolute Gasteiger partial charge is 0.492 e. The second-order valence-corrected chi connectivity index (χ2v) is 11.6. The predicted molar refractivity (Wildman–Crippen MR) is 132 cm³/mol. The van der Waals surface area contributed by atoms with Gasteiger partial charge in [0, 0.05) is 17.7 Å². The molecule has 2 aliphatic heterocycles. The number of halogens is 3. The van der Waals surface area contributed by atoms with Crippen molar-refractivity contribution >= 4 is 17.2 Å². The molecule has 0 radical (unpaired) electrons. The average molecular weight is 526 g/mol. The number of carbonyl (C=O) groups is 1. The summed E-state index contributed by atoms with van der Waals surface area (Å²) >= 11 is 1.37. The first-order valence-electron chi connectivity index (χ1n) is 12.5. The Morgan fingerprint density at radius 1 is 1.22 bits per heavy atom. The maximum atomic E-state index is 13.5. The van der Waals surface area contributed by atoms with Gasteiger partial charge in [0.1, 0.15) is 5.75 Å². The Morgan fingerprint density at radius 3 is 2.61 bits per heavy atom. The van der Waals surface area contributed by atoms with E-state index in [1.165, 1.54) is 17.4 Å². The van der Waals surface area contributed by atoms with Crippen LogP contribution in [0.25, 0.3) is 0 Å². The summed E-state index contributed by atoms with van der Waals surface area (Å²) in [6.45, 7) is 9.55. The number of amides is 1. The molecule has 198 valence electrons. The summed E-state index contributed by atoms with van der Waals surface area (Å²) in [6.07, 6.45) is 1.16. The van der Waals surface area contributed by atoms with E-state index < -0.39 is 17.6 Å². The summed E-state index contributed by atoms with van der Waals surface area (Å²) < 4.78 is 54.0. The Balaban J connectivity index is 1.68. The molecule has 0 saturated carbocycles. The lowest BCUT2D eigenvalue weighted by Gasteiger charge is -2.23. The summed E-state index contributed by atoms with van der Waals surface area (Å²) in [6, 6.07) is 3.05. The summed E-state index contributed by atoms with van der Waals surface area (Å²) in [5.74, 6) is -0.327. The minimum absolute atomic E-state index is 0.0268. The van der Waals surface area contributed by atoms with Gasteiger partial charge < -0.3 is 19.4 Å². The number of nitrogens with zero attached hydrogens (tertiary/aromatic N) is 2. The molecule has 1 aromatic heterocycles. The Hall–Kier alpha value is -2.17. The van der Waals surface area contributed by atoms with Crippen molar-refractivity contribution in [1.29, 1.82) is 0 Å². The van der Waals surface area contributed by atoms with Crippen molar-refractivity contribution in [3.05, 3.63) is 45.2 Å². The van der Waals surface area contributed by atoms with Gasteiger partial charge in [-0.2, -0.15) is 18.2 Å². The number of carbonyl (C=O) groups excluding carboxylic acids is 1. The number of hydrogen-bond donors (Lipinski definition) is 1. The van der Waals surface area contributed by atoms with Gasteiger partial charge in [-0.3, -0.25) is 4.79 Å². The van der Waals surface area contributed by atoms with E-state index in [4.69, 9.17) is 9.47 Å². The summed E-state index contributed by atoms with van der Waals surface area (Å²) in [5.41, 5.74) is -1.24. The van der Waals surface area contributed by atoms with Crippen LogP contribution < -0.4 is 14.9 Å². The number of ether oxygens (including phenoxy) is 2. The molecule has 4 rings (SSSR count). The van der Waals surface area contributed by atoms with Gasteiger partial charge in [0.25, 0.3) is 5.91 Å². The third-order valence-electron chi connectivity index (χ3n) is 6.55. The monoisotopic (exact) mass is 525 g/mol. The van der Waals surface area contributed by atoms with Crippen molar-refractivity contribution < 1.29 is 27.4 Å². The Bertz CT molecular complexity index is 1120. The number of nitrogens with one attached hydrogen (secondary N) is 1. The zero-order chi connectivity index (χ0) is 25.9. The van der Waals surface area contributed by atoms with Crippen LogP contribution in [0.1, 0.15) is 67.3 Å². The lowest BCUT2D eigenvalue weighted by molar-refractivity contribution is -0.137. The van der Waals surface area contributed by atoms with Crippen molar-refractivity contribution in [3.8, 4) is 5.75 Å². The lowest BCUT2D eigenvalue weighted by Crippen LogP contribution is -2.30. The molecule has 2 aromatic rings. The Kier molecular flexibility index (Phi) is 8.26. The van der Waals surface area contributed by atoms with E-state index in [1.807, 2.05) is 10.8 Å². The van der Waals surface area contributed by atoms with E-state index in [1.54, 1.807) is 0 Å². The highest BCUT2D eigenvalue weighted by atomic mass is 32.1. The molecule has 0 unspecified atom stereocenters. The number of rotatable bonds is 6. The van der Waals surface area contributed by atoms with Crippen molar-refractivity contribution in [2.24, 2.45) is 10.9 Å². The van der Waals surface area contributed by atoms with E-state index >= 15 is 0 Å². The van der Waals surface area contributed by atoms with Crippen LogP contribution in [-0.2, 0) is 22.9 Å². The molecule has 36 heavy (non-hydrogen) atoms. The average Bonchev–Trinajstić information content (AvgIpc) is 3.48. The molecule has 1 N–H and O–H groups in total. The van der Waals surface area contributed by atoms with Gasteiger partial charge in [-0.15, -0.1) is 11.3 Å². The maximum absolute atomic E-state index is 13.5. The second-order valence-electron chi connectivity index (χ2n) is 10.5. The third kappa shape index (κ3) is 6.77. The summed E-state index contributed by atoms with van der Waals surface area (Å²) in [7, 11) is 0. The SMILES string of the molecule is CC(C)(C)c1cn(C[C@H]2CCCO2)c(=NC(=O)c2cc(C(F)(F)F)ccc2OCC2CCNCC2)s1. The summed E-state index contributed by atoms with van der Waals surface area (Å²) in [4.78, 5) is 19.1. The third-order valence-corrected chi connectivity index (χ3v) is 8.00. The van der Waals surface area contributed by atoms with Crippen LogP contribution in [0.2, 0.25) is 0 Å². The molecule has 0 spiro atoms. The number of thiazole rings is 1. The molecule has 0 aliphatic carbocycles. The molecular formula is C26H34F3N3O3S. The maximum Gasteiger partial charge on any atom is 0.416 e. The number of piperidine rings is 1. The Morgan fingerprint density at radius 2 is 1.97 bits per heavy atom. The van der Waals surface area contributed by atoms with E-state index in [9.17, 15) is 18.0 Å². The molecule has 2 aliphatic rings. The van der Waals surface area contributed by atoms with Crippen molar-refractivity contribution in [1.82, 2.24) is 9.88 Å². The smallest absolute Gasteiger partial charge is 0.416 e. The van der Waals surface area contributed by atoms with Crippen molar-refractivity contribution in [3.63, 3.8) is 0 Å². The molecule has 1 amide bonds. The van der Waals surface area contributed by atoms with Crippen LogP contribution in [0.3, 0.4) is 0 Å². The number of alkyl halides is 3. The molecule has 10 heteroatoms. The zero-order valence-corrected chi connectivity index (χ0v) is 21.8. The van der Waals surface area contributed by atoms with Crippen LogP contribution in [0, 0.1) is 5.92 Å². The fraction of sp³-hybridized carbons (Fsp3) is 0.615. The van der Waals surface area contributed by atoms with Gasteiger partial charge in [0.2, 0.25) is 0 Å².